The number of carbonyl (C=O) groups is 1. The number of methoxy groups -OCH3 is 1. The van der Waals surface area contributed by atoms with Gasteiger partial charge in [0, 0.05) is 16.1 Å². The fourth-order valence-corrected chi connectivity index (χ4v) is 2.26. The average molecular weight is 294 g/mol. The van der Waals surface area contributed by atoms with E-state index in [1.54, 1.807) is 0 Å². The van der Waals surface area contributed by atoms with Gasteiger partial charge in [-0.2, -0.15) is 0 Å². The van der Waals surface area contributed by atoms with Crippen molar-refractivity contribution in [1.29, 1.82) is 0 Å². The molecule has 0 aliphatic heterocycles. The Hall–Kier alpha value is -1.42. The highest BCUT2D eigenvalue weighted by Crippen LogP contribution is 2.27. The average Bonchev–Trinajstić information content (AvgIpc) is 2.38. The maximum atomic E-state index is 11.5. The van der Waals surface area contributed by atoms with Gasteiger partial charge in [-0.25, -0.2) is 4.79 Å². The highest BCUT2D eigenvalue weighted by molar-refractivity contribution is 9.10. The number of fused-ring (bicyclic) bond motifs is 1. The molecular formula is C13H12BrNO2. The fourth-order valence-electron chi connectivity index (χ4n) is 1.68. The normalized spacial score (nSPS) is 10.5. The third-order valence-corrected chi connectivity index (χ3v) is 3.53. The second-order valence-electron chi connectivity index (χ2n) is 3.68. The number of hydrogen-bond donors (Lipinski definition) is 0. The number of carbonyl (C=O) groups excluding carboxylic acids is 1. The zero-order valence-electron chi connectivity index (χ0n) is 9.66. The first-order valence-corrected chi connectivity index (χ1v) is 6.12. The number of nitrogens with zero attached hydrogens (tertiary/aromatic N) is 1. The van der Waals surface area contributed by atoms with Crippen molar-refractivity contribution in [2.24, 2.45) is 0 Å². The lowest BCUT2D eigenvalue weighted by Gasteiger charge is -2.07. The zero-order valence-corrected chi connectivity index (χ0v) is 11.2. The van der Waals surface area contributed by atoms with Crippen LogP contribution in [0, 0.1) is 0 Å². The van der Waals surface area contributed by atoms with Gasteiger partial charge in [-0.3, -0.25) is 4.98 Å². The minimum atomic E-state index is -0.381. The van der Waals surface area contributed by atoms with E-state index in [0.29, 0.717) is 5.56 Å². The summed E-state index contributed by atoms with van der Waals surface area (Å²) in [6.07, 6.45) is 2.48. The third kappa shape index (κ3) is 2.17. The molecule has 0 saturated carbocycles. The van der Waals surface area contributed by atoms with Crippen LogP contribution in [-0.2, 0) is 11.2 Å². The van der Waals surface area contributed by atoms with Crippen LogP contribution in [-0.4, -0.2) is 18.1 Å². The molecule has 1 aromatic carbocycles. The second-order valence-corrected chi connectivity index (χ2v) is 4.48. The summed E-state index contributed by atoms with van der Waals surface area (Å²) in [5, 5.41) is 0.937. The summed E-state index contributed by atoms with van der Waals surface area (Å²) in [6.45, 7) is 2.09. The summed E-state index contributed by atoms with van der Waals surface area (Å²) in [7, 11) is 1.36. The van der Waals surface area contributed by atoms with Gasteiger partial charge < -0.3 is 4.74 Å². The van der Waals surface area contributed by atoms with E-state index in [0.717, 1.165) is 21.8 Å². The topological polar surface area (TPSA) is 39.2 Å². The molecule has 3 nitrogen and oxygen atoms in total. The van der Waals surface area contributed by atoms with Gasteiger partial charge in [-0.1, -0.05) is 13.0 Å². The van der Waals surface area contributed by atoms with E-state index >= 15 is 0 Å². The molecule has 0 unspecified atom stereocenters. The third-order valence-electron chi connectivity index (χ3n) is 2.68. The van der Waals surface area contributed by atoms with Crippen molar-refractivity contribution in [3.05, 3.63) is 40.0 Å². The molecule has 0 N–H and O–H groups in total. The lowest BCUT2D eigenvalue weighted by atomic mass is 10.1. The first-order chi connectivity index (χ1) is 8.17. The molecule has 0 aliphatic rings. The van der Waals surface area contributed by atoms with Gasteiger partial charge in [-0.15, -0.1) is 0 Å². The maximum Gasteiger partial charge on any atom is 0.340 e. The Morgan fingerprint density at radius 3 is 2.88 bits per heavy atom. The number of aromatic nitrogens is 1. The molecule has 88 valence electrons. The summed E-state index contributed by atoms with van der Waals surface area (Å²) in [6, 6.07) is 6.04. The predicted molar refractivity (Wildman–Crippen MR) is 70.2 cm³/mol. The van der Waals surface area contributed by atoms with Crippen LogP contribution in [0.25, 0.3) is 10.9 Å². The minimum absolute atomic E-state index is 0.381. The van der Waals surface area contributed by atoms with E-state index in [1.807, 2.05) is 18.2 Å². The molecule has 0 fully saturated rings. The van der Waals surface area contributed by atoms with Crippen molar-refractivity contribution in [1.82, 2.24) is 4.98 Å². The molecule has 4 heteroatoms. The molecule has 0 saturated heterocycles. The van der Waals surface area contributed by atoms with E-state index in [1.165, 1.54) is 18.9 Å². The van der Waals surface area contributed by atoms with Gasteiger partial charge in [0.25, 0.3) is 0 Å². The van der Waals surface area contributed by atoms with Crippen LogP contribution in [0.5, 0.6) is 0 Å². The molecule has 0 spiro atoms. The van der Waals surface area contributed by atoms with E-state index in [2.05, 4.69) is 27.8 Å². The molecule has 0 radical (unpaired) electrons. The second kappa shape index (κ2) is 4.84. The first kappa shape index (κ1) is 12.0. The van der Waals surface area contributed by atoms with Crippen molar-refractivity contribution < 1.29 is 9.53 Å². The van der Waals surface area contributed by atoms with Crippen molar-refractivity contribution >= 4 is 32.8 Å². The van der Waals surface area contributed by atoms with Crippen LogP contribution in [0.3, 0.4) is 0 Å². The van der Waals surface area contributed by atoms with Crippen LogP contribution < -0.4 is 0 Å². The number of pyridine rings is 1. The Morgan fingerprint density at radius 2 is 2.24 bits per heavy atom. The molecule has 0 atom stereocenters. The number of rotatable bonds is 2. The predicted octanol–water partition coefficient (Wildman–Crippen LogP) is 3.35. The summed E-state index contributed by atoms with van der Waals surface area (Å²) in [5.74, 6) is -0.381. The lowest BCUT2D eigenvalue weighted by Crippen LogP contribution is -2.03. The van der Waals surface area contributed by atoms with Gasteiger partial charge in [0.1, 0.15) is 0 Å². The van der Waals surface area contributed by atoms with E-state index in [9.17, 15) is 4.79 Å². The fraction of sp³-hybridized carbons (Fsp3) is 0.231. The molecule has 2 aromatic rings. The van der Waals surface area contributed by atoms with Crippen LogP contribution in [0.2, 0.25) is 0 Å². The Kier molecular flexibility index (Phi) is 3.43. The molecular weight excluding hydrogens is 282 g/mol. The Balaban J connectivity index is 2.68. The standard InChI is InChI=1S/C13H12BrNO2/c1-3-8-4-5-11-9(6-8)12(14)10(7-15-11)13(16)17-2/h4-7H,3H2,1-2H3. The summed E-state index contributed by atoms with van der Waals surface area (Å²) in [5.41, 5.74) is 2.52. The van der Waals surface area contributed by atoms with Gasteiger partial charge >= 0.3 is 5.97 Å². The maximum absolute atomic E-state index is 11.5. The van der Waals surface area contributed by atoms with Gasteiger partial charge in [0.2, 0.25) is 0 Å². The van der Waals surface area contributed by atoms with Crippen LogP contribution in [0.15, 0.2) is 28.9 Å². The summed E-state index contributed by atoms with van der Waals surface area (Å²) >= 11 is 3.45. The molecule has 0 aliphatic carbocycles. The van der Waals surface area contributed by atoms with Crippen molar-refractivity contribution in [3.63, 3.8) is 0 Å². The monoisotopic (exact) mass is 293 g/mol. The smallest absolute Gasteiger partial charge is 0.340 e. The number of benzene rings is 1. The largest absolute Gasteiger partial charge is 0.465 e. The number of hydrogen-bond acceptors (Lipinski definition) is 3. The van der Waals surface area contributed by atoms with Gasteiger partial charge in [0.15, 0.2) is 0 Å². The van der Waals surface area contributed by atoms with E-state index < -0.39 is 0 Å². The zero-order chi connectivity index (χ0) is 12.4. The quantitative estimate of drug-likeness (QED) is 0.797. The molecule has 17 heavy (non-hydrogen) atoms. The van der Waals surface area contributed by atoms with Crippen molar-refractivity contribution in [3.8, 4) is 0 Å². The molecule has 1 aromatic heterocycles. The number of aryl methyl sites for hydroxylation is 1. The van der Waals surface area contributed by atoms with Crippen molar-refractivity contribution in [2.75, 3.05) is 7.11 Å². The Labute approximate surface area is 108 Å². The first-order valence-electron chi connectivity index (χ1n) is 5.32. The molecule has 1 heterocycles. The van der Waals surface area contributed by atoms with Gasteiger partial charge in [-0.05, 0) is 40.0 Å². The van der Waals surface area contributed by atoms with Gasteiger partial charge in [0.05, 0.1) is 18.2 Å². The van der Waals surface area contributed by atoms with E-state index in [-0.39, 0.29) is 5.97 Å². The number of halogens is 1. The summed E-state index contributed by atoms with van der Waals surface area (Å²) < 4.78 is 5.45. The van der Waals surface area contributed by atoms with Crippen LogP contribution >= 0.6 is 15.9 Å². The molecule has 0 bridgehead atoms. The number of esters is 1. The van der Waals surface area contributed by atoms with E-state index in [4.69, 9.17) is 4.74 Å². The van der Waals surface area contributed by atoms with Crippen molar-refractivity contribution in [2.45, 2.75) is 13.3 Å². The van der Waals surface area contributed by atoms with Crippen LogP contribution in [0.4, 0.5) is 0 Å². The molecule has 2 rings (SSSR count). The molecule has 0 amide bonds. The summed E-state index contributed by atoms with van der Waals surface area (Å²) in [4.78, 5) is 15.8. The highest BCUT2D eigenvalue weighted by atomic mass is 79.9. The highest BCUT2D eigenvalue weighted by Gasteiger charge is 2.13. The Morgan fingerprint density at radius 1 is 1.47 bits per heavy atom. The number of ether oxygens (including phenoxy) is 1. The lowest BCUT2D eigenvalue weighted by molar-refractivity contribution is 0.0599. The SMILES string of the molecule is CCc1ccc2ncc(C(=O)OC)c(Br)c2c1. The van der Waals surface area contributed by atoms with Crippen LogP contribution in [0.1, 0.15) is 22.8 Å². The minimum Gasteiger partial charge on any atom is -0.465 e. The Bertz CT molecular complexity index is 581.